The highest BCUT2D eigenvalue weighted by molar-refractivity contribution is 5.92. The second kappa shape index (κ2) is 11.8. The molecule has 104 valence electrons. The summed E-state index contributed by atoms with van der Waals surface area (Å²) in [6.07, 6.45) is 0.554. The third-order valence-corrected chi connectivity index (χ3v) is 1.45. The van der Waals surface area contributed by atoms with Gasteiger partial charge in [-0.25, -0.2) is 4.79 Å². The van der Waals surface area contributed by atoms with Crippen LogP contribution in [0.4, 0.5) is 0 Å². The molecule has 0 aliphatic rings. The molecule has 0 saturated carbocycles. The minimum Gasteiger partial charge on any atom is -0.460 e. The molecule has 1 atom stereocenters. The molecule has 0 fully saturated rings. The molecule has 0 saturated heterocycles. The molecule has 0 bridgehead atoms. The Morgan fingerprint density at radius 2 is 2.06 bits per heavy atom. The Kier molecular flexibility index (Phi) is 12.3. The van der Waals surface area contributed by atoms with Crippen molar-refractivity contribution in [2.45, 2.75) is 20.0 Å². The molecule has 0 spiro atoms. The van der Waals surface area contributed by atoms with Crippen molar-refractivity contribution in [1.29, 1.82) is 0 Å². The molecule has 0 aliphatic heterocycles. The summed E-state index contributed by atoms with van der Waals surface area (Å²) in [7, 11) is 0. The first-order valence-corrected chi connectivity index (χ1v) is 5.37. The number of nitrogens with one attached hydrogen (secondary N) is 1. The molecule has 0 heterocycles. The topological polar surface area (TPSA) is 95.9 Å². The number of amides is 1. The van der Waals surface area contributed by atoms with E-state index in [9.17, 15) is 9.59 Å². The average molecular weight is 259 g/mol. The van der Waals surface area contributed by atoms with Gasteiger partial charge < -0.3 is 20.3 Å². The Bertz CT molecular complexity index is 286. The molecule has 6 heteroatoms. The number of esters is 1. The number of carbonyl (C=O) groups excluding carboxylic acids is 2. The first-order chi connectivity index (χ1) is 8.34. The van der Waals surface area contributed by atoms with Crippen LogP contribution in [0.15, 0.2) is 24.8 Å². The third-order valence-electron chi connectivity index (χ3n) is 1.45. The van der Waals surface area contributed by atoms with Gasteiger partial charge in [-0.3, -0.25) is 4.79 Å². The Balaban J connectivity index is 0. The number of hydrogen-bond donors (Lipinski definition) is 3. The minimum absolute atomic E-state index is 0.0465. The Hall–Kier alpha value is -1.66. The number of aliphatic hydroxyl groups excluding tert-OH is 2. The summed E-state index contributed by atoms with van der Waals surface area (Å²) >= 11 is 0. The molecular weight excluding hydrogens is 238 g/mol. The monoisotopic (exact) mass is 259 g/mol. The van der Waals surface area contributed by atoms with Crippen molar-refractivity contribution in [2.24, 2.45) is 0 Å². The lowest BCUT2D eigenvalue weighted by Crippen LogP contribution is -2.30. The van der Waals surface area contributed by atoms with Crippen molar-refractivity contribution in [3.63, 3.8) is 0 Å². The van der Waals surface area contributed by atoms with Crippen LogP contribution in [0.5, 0.6) is 0 Å². The molecule has 0 aliphatic carbocycles. The van der Waals surface area contributed by atoms with Crippen LogP contribution in [-0.2, 0) is 14.3 Å². The highest BCUT2D eigenvalue weighted by atomic mass is 16.5. The standard InChI is InChI=1S/C7H13NO2.C5H8O3/c1-5(2)7(10)8-4-6(3)9;1-2-5(7)8-4-3-6/h6,9H,1,4H2,2-3H3,(H,8,10);2,6H,1,3-4H2. The van der Waals surface area contributed by atoms with Gasteiger partial charge >= 0.3 is 5.97 Å². The van der Waals surface area contributed by atoms with Crippen LogP contribution in [0.3, 0.4) is 0 Å². The van der Waals surface area contributed by atoms with Gasteiger partial charge in [0.25, 0.3) is 0 Å². The van der Waals surface area contributed by atoms with Crippen molar-refractivity contribution in [3.8, 4) is 0 Å². The predicted octanol–water partition coefficient (Wildman–Crippen LogP) is -0.233. The second-order valence-electron chi connectivity index (χ2n) is 3.43. The van der Waals surface area contributed by atoms with Crippen molar-refractivity contribution in [2.75, 3.05) is 19.8 Å². The van der Waals surface area contributed by atoms with Crippen LogP contribution in [0.1, 0.15) is 13.8 Å². The van der Waals surface area contributed by atoms with Gasteiger partial charge in [-0.1, -0.05) is 13.2 Å². The van der Waals surface area contributed by atoms with Gasteiger partial charge in [-0.15, -0.1) is 0 Å². The summed E-state index contributed by atoms with van der Waals surface area (Å²) < 4.78 is 4.33. The predicted molar refractivity (Wildman–Crippen MR) is 67.7 cm³/mol. The molecule has 3 N–H and O–H groups in total. The fraction of sp³-hybridized carbons (Fsp3) is 0.500. The summed E-state index contributed by atoms with van der Waals surface area (Å²) in [5, 5.41) is 19.3. The average Bonchev–Trinajstić information content (AvgIpc) is 2.33. The first kappa shape index (κ1) is 18.7. The molecule has 0 radical (unpaired) electrons. The zero-order chi connectivity index (χ0) is 14.6. The highest BCUT2D eigenvalue weighted by Gasteiger charge is 2.01. The van der Waals surface area contributed by atoms with Crippen LogP contribution < -0.4 is 5.32 Å². The van der Waals surface area contributed by atoms with Crippen molar-refractivity contribution in [1.82, 2.24) is 5.32 Å². The van der Waals surface area contributed by atoms with E-state index in [2.05, 4.69) is 23.2 Å². The van der Waals surface area contributed by atoms with Gasteiger partial charge in [0.1, 0.15) is 6.61 Å². The van der Waals surface area contributed by atoms with E-state index in [0.717, 1.165) is 6.08 Å². The molecule has 0 rings (SSSR count). The zero-order valence-electron chi connectivity index (χ0n) is 10.8. The normalized spacial score (nSPS) is 10.4. The largest absolute Gasteiger partial charge is 0.460 e. The molecule has 6 nitrogen and oxygen atoms in total. The van der Waals surface area contributed by atoms with E-state index in [0.29, 0.717) is 5.57 Å². The van der Waals surface area contributed by atoms with Gasteiger partial charge in [0.2, 0.25) is 5.91 Å². The van der Waals surface area contributed by atoms with Crippen LogP contribution >= 0.6 is 0 Å². The summed E-state index contributed by atoms with van der Waals surface area (Å²) in [6, 6.07) is 0. The van der Waals surface area contributed by atoms with Gasteiger partial charge in [-0.2, -0.15) is 0 Å². The Labute approximate surface area is 107 Å². The van der Waals surface area contributed by atoms with E-state index in [1.54, 1.807) is 13.8 Å². The van der Waals surface area contributed by atoms with Gasteiger partial charge in [0.15, 0.2) is 0 Å². The lowest BCUT2D eigenvalue weighted by molar-refractivity contribution is -0.138. The fourth-order valence-electron chi connectivity index (χ4n) is 0.596. The summed E-state index contributed by atoms with van der Waals surface area (Å²) in [5.41, 5.74) is 0.459. The fourth-order valence-corrected chi connectivity index (χ4v) is 0.596. The van der Waals surface area contributed by atoms with E-state index in [1.165, 1.54) is 0 Å². The summed E-state index contributed by atoms with van der Waals surface area (Å²) in [5.74, 6) is -0.708. The molecule has 1 amide bonds. The third kappa shape index (κ3) is 14.3. The molecule has 0 aromatic rings. The van der Waals surface area contributed by atoms with Gasteiger partial charge in [0, 0.05) is 18.2 Å². The van der Waals surface area contributed by atoms with Crippen molar-refractivity contribution in [3.05, 3.63) is 24.8 Å². The van der Waals surface area contributed by atoms with Gasteiger partial charge in [0.05, 0.1) is 12.7 Å². The van der Waals surface area contributed by atoms with E-state index in [-0.39, 0.29) is 25.7 Å². The van der Waals surface area contributed by atoms with Crippen LogP contribution in [-0.4, -0.2) is 48.0 Å². The summed E-state index contributed by atoms with van der Waals surface area (Å²) in [4.78, 5) is 20.8. The van der Waals surface area contributed by atoms with Crippen LogP contribution in [0.25, 0.3) is 0 Å². The zero-order valence-corrected chi connectivity index (χ0v) is 10.8. The van der Waals surface area contributed by atoms with Crippen LogP contribution in [0, 0.1) is 0 Å². The van der Waals surface area contributed by atoms with E-state index >= 15 is 0 Å². The quantitative estimate of drug-likeness (QED) is 0.452. The lowest BCUT2D eigenvalue weighted by Gasteiger charge is -2.05. The second-order valence-corrected chi connectivity index (χ2v) is 3.43. The van der Waals surface area contributed by atoms with Gasteiger partial charge in [-0.05, 0) is 13.8 Å². The van der Waals surface area contributed by atoms with Crippen molar-refractivity contribution < 1.29 is 24.5 Å². The maximum atomic E-state index is 10.7. The maximum absolute atomic E-state index is 10.7. The Morgan fingerprint density at radius 3 is 2.39 bits per heavy atom. The number of rotatable bonds is 6. The lowest BCUT2D eigenvalue weighted by atomic mass is 10.3. The molecular formula is C12H21NO5. The first-order valence-electron chi connectivity index (χ1n) is 5.37. The van der Waals surface area contributed by atoms with E-state index < -0.39 is 12.1 Å². The minimum atomic E-state index is -0.501. The number of aliphatic hydroxyl groups is 2. The summed E-state index contributed by atoms with van der Waals surface area (Å²) in [6.45, 7) is 10.0. The maximum Gasteiger partial charge on any atom is 0.330 e. The molecule has 0 aromatic heterocycles. The number of carbonyl (C=O) groups is 2. The molecule has 1 unspecified atom stereocenters. The van der Waals surface area contributed by atoms with Crippen LogP contribution in [0.2, 0.25) is 0 Å². The number of ether oxygens (including phenoxy) is 1. The van der Waals surface area contributed by atoms with E-state index in [1.807, 2.05) is 0 Å². The Morgan fingerprint density at radius 1 is 1.50 bits per heavy atom. The van der Waals surface area contributed by atoms with Crippen molar-refractivity contribution >= 4 is 11.9 Å². The smallest absolute Gasteiger partial charge is 0.330 e. The number of hydrogen-bond acceptors (Lipinski definition) is 5. The molecule has 0 aromatic carbocycles. The highest BCUT2D eigenvalue weighted by Crippen LogP contribution is 1.85. The van der Waals surface area contributed by atoms with E-state index in [4.69, 9.17) is 10.2 Å². The SMILES string of the molecule is C=C(C)C(=O)NCC(C)O.C=CC(=O)OCCO. The molecule has 18 heavy (non-hydrogen) atoms.